The summed E-state index contributed by atoms with van der Waals surface area (Å²) in [6.07, 6.45) is 3.21. The van der Waals surface area contributed by atoms with Crippen molar-refractivity contribution in [2.75, 3.05) is 13.2 Å². The summed E-state index contributed by atoms with van der Waals surface area (Å²) >= 11 is 0. The van der Waals surface area contributed by atoms with Crippen LogP contribution in [-0.2, 0) is 14.3 Å². The third-order valence-electron chi connectivity index (χ3n) is 2.81. The van der Waals surface area contributed by atoms with Crippen LogP contribution in [0.4, 0.5) is 0 Å². The van der Waals surface area contributed by atoms with E-state index < -0.39 is 11.9 Å². The summed E-state index contributed by atoms with van der Waals surface area (Å²) in [5, 5.41) is 2.70. The average molecular weight is 228 g/mol. The minimum absolute atomic E-state index is 0.114. The summed E-state index contributed by atoms with van der Waals surface area (Å²) in [6.45, 7) is 3.10. The van der Waals surface area contributed by atoms with E-state index in [2.05, 4.69) is 5.32 Å². The van der Waals surface area contributed by atoms with Crippen LogP contribution in [0.25, 0.3) is 0 Å². The maximum absolute atomic E-state index is 11.7. The minimum atomic E-state index is -0.534. The number of hydrogen-bond acceptors (Lipinski definition) is 3. The second kappa shape index (κ2) is 6.48. The molecule has 16 heavy (non-hydrogen) atoms. The van der Waals surface area contributed by atoms with Crippen LogP contribution < -0.4 is 11.1 Å². The SMILES string of the molecule is CCCC[C@H](NC(=O)[C@H]1CCOC1)C(N)=O. The van der Waals surface area contributed by atoms with E-state index in [-0.39, 0.29) is 11.8 Å². The molecular weight excluding hydrogens is 208 g/mol. The predicted molar refractivity (Wildman–Crippen MR) is 59.6 cm³/mol. The Morgan fingerprint density at radius 3 is 2.81 bits per heavy atom. The number of nitrogens with one attached hydrogen (secondary N) is 1. The first-order valence-corrected chi connectivity index (χ1v) is 5.82. The lowest BCUT2D eigenvalue weighted by molar-refractivity contribution is -0.130. The van der Waals surface area contributed by atoms with Gasteiger partial charge in [0.15, 0.2) is 0 Å². The second-order valence-electron chi connectivity index (χ2n) is 4.17. The zero-order chi connectivity index (χ0) is 12.0. The number of unbranched alkanes of at least 4 members (excludes halogenated alkanes) is 1. The van der Waals surface area contributed by atoms with Crippen molar-refractivity contribution in [3.8, 4) is 0 Å². The van der Waals surface area contributed by atoms with E-state index in [9.17, 15) is 9.59 Å². The van der Waals surface area contributed by atoms with Crippen molar-refractivity contribution in [3.63, 3.8) is 0 Å². The van der Waals surface area contributed by atoms with Crippen LogP contribution in [0.3, 0.4) is 0 Å². The smallest absolute Gasteiger partial charge is 0.239 e. The van der Waals surface area contributed by atoms with Gasteiger partial charge in [-0.1, -0.05) is 19.8 Å². The molecule has 0 bridgehead atoms. The lowest BCUT2D eigenvalue weighted by Crippen LogP contribution is -2.46. The number of carbonyl (C=O) groups excluding carboxylic acids is 2. The van der Waals surface area contributed by atoms with Crippen LogP contribution in [0.15, 0.2) is 0 Å². The van der Waals surface area contributed by atoms with Crippen molar-refractivity contribution in [1.82, 2.24) is 5.32 Å². The molecule has 1 aliphatic rings. The van der Waals surface area contributed by atoms with Gasteiger partial charge >= 0.3 is 0 Å². The first-order chi connectivity index (χ1) is 7.65. The van der Waals surface area contributed by atoms with Crippen molar-refractivity contribution in [3.05, 3.63) is 0 Å². The molecule has 2 atom stereocenters. The number of ether oxygens (including phenoxy) is 1. The Hall–Kier alpha value is -1.10. The Morgan fingerprint density at radius 1 is 1.56 bits per heavy atom. The molecule has 5 heteroatoms. The van der Waals surface area contributed by atoms with Crippen LogP contribution >= 0.6 is 0 Å². The topological polar surface area (TPSA) is 81.4 Å². The molecule has 1 fully saturated rings. The van der Waals surface area contributed by atoms with Gasteiger partial charge in [0.25, 0.3) is 0 Å². The Labute approximate surface area is 95.7 Å². The molecule has 0 radical (unpaired) electrons. The number of amides is 2. The molecule has 92 valence electrons. The Bertz CT molecular complexity index is 250. The molecule has 3 N–H and O–H groups in total. The van der Waals surface area contributed by atoms with Crippen LogP contribution in [-0.4, -0.2) is 31.1 Å². The highest BCUT2D eigenvalue weighted by Gasteiger charge is 2.26. The van der Waals surface area contributed by atoms with Gasteiger partial charge in [0.2, 0.25) is 11.8 Å². The van der Waals surface area contributed by atoms with Crippen LogP contribution in [0.5, 0.6) is 0 Å². The molecule has 0 aromatic rings. The van der Waals surface area contributed by atoms with Gasteiger partial charge in [-0.3, -0.25) is 9.59 Å². The largest absolute Gasteiger partial charge is 0.381 e. The third kappa shape index (κ3) is 3.81. The molecule has 0 saturated carbocycles. The molecule has 1 heterocycles. The van der Waals surface area contributed by atoms with E-state index in [0.717, 1.165) is 19.3 Å². The van der Waals surface area contributed by atoms with Gasteiger partial charge in [0.05, 0.1) is 12.5 Å². The normalized spacial score (nSPS) is 21.7. The molecule has 2 amide bonds. The molecule has 1 saturated heterocycles. The third-order valence-corrected chi connectivity index (χ3v) is 2.81. The Morgan fingerprint density at radius 2 is 2.31 bits per heavy atom. The first-order valence-electron chi connectivity index (χ1n) is 5.82. The highest BCUT2D eigenvalue weighted by molar-refractivity contribution is 5.87. The number of nitrogens with two attached hydrogens (primary N) is 1. The van der Waals surface area contributed by atoms with Gasteiger partial charge in [0.1, 0.15) is 6.04 Å². The zero-order valence-corrected chi connectivity index (χ0v) is 9.70. The fourth-order valence-electron chi connectivity index (χ4n) is 1.72. The zero-order valence-electron chi connectivity index (χ0n) is 9.70. The van der Waals surface area contributed by atoms with E-state index in [1.807, 2.05) is 6.92 Å². The van der Waals surface area contributed by atoms with Crippen LogP contribution in [0.2, 0.25) is 0 Å². The van der Waals surface area contributed by atoms with Crippen LogP contribution in [0, 0.1) is 5.92 Å². The summed E-state index contributed by atoms with van der Waals surface area (Å²) in [6, 6.07) is -0.534. The van der Waals surface area contributed by atoms with Gasteiger partial charge in [-0.05, 0) is 12.8 Å². The van der Waals surface area contributed by atoms with E-state index >= 15 is 0 Å². The van der Waals surface area contributed by atoms with Gasteiger partial charge in [-0.2, -0.15) is 0 Å². The molecule has 0 aromatic heterocycles. The van der Waals surface area contributed by atoms with E-state index in [4.69, 9.17) is 10.5 Å². The highest BCUT2D eigenvalue weighted by Crippen LogP contribution is 2.13. The number of primary amides is 1. The number of hydrogen-bond donors (Lipinski definition) is 2. The molecule has 1 rings (SSSR count). The van der Waals surface area contributed by atoms with Crippen molar-refractivity contribution in [2.24, 2.45) is 11.7 Å². The highest BCUT2D eigenvalue weighted by atomic mass is 16.5. The summed E-state index contributed by atoms with van der Waals surface area (Å²) in [7, 11) is 0. The van der Waals surface area contributed by atoms with Crippen molar-refractivity contribution >= 4 is 11.8 Å². The van der Waals surface area contributed by atoms with Gasteiger partial charge < -0.3 is 15.8 Å². The van der Waals surface area contributed by atoms with Gasteiger partial charge in [-0.15, -0.1) is 0 Å². The molecule has 0 unspecified atom stereocenters. The Kier molecular flexibility index (Phi) is 5.25. The molecule has 1 aliphatic heterocycles. The molecule has 5 nitrogen and oxygen atoms in total. The monoisotopic (exact) mass is 228 g/mol. The molecule has 0 spiro atoms. The fraction of sp³-hybridized carbons (Fsp3) is 0.818. The van der Waals surface area contributed by atoms with E-state index in [1.54, 1.807) is 0 Å². The van der Waals surface area contributed by atoms with E-state index in [0.29, 0.717) is 19.6 Å². The molecular formula is C11H20N2O3. The fourth-order valence-corrected chi connectivity index (χ4v) is 1.72. The average Bonchev–Trinajstić information content (AvgIpc) is 2.76. The van der Waals surface area contributed by atoms with Crippen molar-refractivity contribution in [1.29, 1.82) is 0 Å². The quantitative estimate of drug-likeness (QED) is 0.680. The van der Waals surface area contributed by atoms with Crippen molar-refractivity contribution in [2.45, 2.75) is 38.6 Å². The predicted octanol–water partition coefficient (Wildman–Crippen LogP) is 0.183. The summed E-state index contributed by atoms with van der Waals surface area (Å²) < 4.78 is 5.12. The van der Waals surface area contributed by atoms with Crippen LogP contribution in [0.1, 0.15) is 32.6 Å². The van der Waals surface area contributed by atoms with E-state index in [1.165, 1.54) is 0 Å². The second-order valence-corrected chi connectivity index (χ2v) is 4.17. The summed E-state index contributed by atoms with van der Waals surface area (Å²) in [5.41, 5.74) is 5.24. The lowest BCUT2D eigenvalue weighted by atomic mass is 10.1. The summed E-state index contributed by atoms with van der Waals surface area (Å²) in [5.74, 6) is -0.693. The van der Waals surface area contributed by atoms with Crippen molar-refractivity contribution < 1.29 is 14.3 Å². The lowest BCUT2D eigenvalue weighted by Gasteiger charge is -2.17. The standard InChI is InChI=1S/C11H20N2O3/c1-2-3-4-9(10(12)14)13-11(15)8-5-6-16-7-8/h8-9H,2-7H2,1H3,(H2,12,14)(H,13,15)/t8-,9-/m0/s1. The van der Waals surface area contributed by atoms with Gasteiger partial charge in [0, 0.05) is 6.61 Å². The molecule has 0 aliphatic carbocycles. The van der Waals surface area contributed by atoms with Gasteiger partial charge in [-0.25, -0.2) is 0 Å². The Balaban J connectivity index is 2.40. The molecule has 0 aromatic carbocycles. The number of carbonyl (C=O) groups is 2. The maximum atomic E-state index is 11.7. The minimum Gasteiger partial charge on any atom is -0.381 e. The number of rotatable bonds is 6. The summed E-state index contributed by atoms with van der Waals surface area (Å²) in [4.78, 5) is 22.9. The maximum Gasteiger partial charge on any atom is 0.239 e. The first kappa shape index (κ1) is 13.0.